The van der Waals surface area contributed by atoms with Crippen LogP contribution >= 0.6 is 0 Å². The van der Waals surface area contributed by atoms with Gasteiger partial charge in [-0.05, 0) is 44.2 Å². The summed E-state index contributed by atoms with van der Waals surface area (Å²) < 4.78 is 5.76. The number of benzene rings is 1. The lowest BCUT2D eigenvalue weighted by Gasteiger charge is -2.26. The molecular weight excluding hydrogens is 252 g/mol. The maximum atomic E-state index is 12.0. The molecule has 0 bridgehead atoms. The van der Waals surface area contributed by atoms with Crippen molar-refractivity contribution in [3.63, 3.8) is 0 Å². The van der Waals surface area contributed by atoms with E-state index in [2.05, 4.69) is 18.3 Å². The first-order valence-electron chi connectivity index (χ1n) is 7.42. The third-order valence-corrected chi connectivity index (χ3v) is 4.19. The number of carbonyl (C=O) groups is 1. The number of anilines is 1. The van der Waals surface area contributed by atoms with Crippen molar-refractivity contribution in [2.45, 2.75) is 44.7 Å². The summed E-state index contributed by atoms with van der Waals surface area (Å²) in [5.41, 5.74) is 2.34. The van der Waals surface area contributed by atoms with Crippen LogP contribution in [0.1, 0.15) is 31.7 Å². The molecule has 0 spiro atoms. The standard InChI is InChI=1S/C16H22N2O2/c1-11-6-7-12-4-3-5-14(16(12)17-11)20-10-15(19)18(2)13-8-9-13/h3-5,11,13,17H,6-10H2,1-2H3. The molecule has 1 unspecified atom stereocenters. The largest absolute Gasteiger partial charge is 0.482 e. The first-order chi connectivity index (χ1) is 9.65. The molecule has 1 heterocycles. The molecule has 1 aliphatic carbocycles. The number of likely N-dealkylation sites (N-methyl/N-ethyl adjacent to an activating group) is 1. The zero-order valence-corrected chi connectivity index (χ0v) is 12.2. The van der Waals surface area contributed by atoms with E-state index in [-0.39, 0.29) is 12.5 Å². The van der Waals surface area contributed by atoms with E-state index in [0.29, 0.717) is 12.1 Å². The highest BCUT2D eigenvalue weighted by atomic mass is 16.5. The monoisotopic (exact) mass is 274 g/mol. The molecule has 1 aromatic rings. The fourth-order valence-electron chi connectivity index (χ4n) is 2.67. The zero-order chi connectivity index (χ0) is 14.1. The summed E-state index contributed by atoms with van der Waals surface area (Å²) in [6.45, 7) is 2.30. The summed E-state index contributed by atoms with van der Waals surface area (Å²) >= 11 is 0. The number of hydrogen-bond acceptors (Lipinski definition) is 3. The van der Waals surface area contributed by atoms with Crippen molar-refractivity contribution in [1.29, 1.82) is 0 Å². The molecule has 3 rings (SSSR count). The minimum atomic E-state index is 0.0639. The number of nitrogens with zero attached hydrogens (tertiary/aromatic N) is 1. The zero-order valence-electron chi connectivity index (χ0n) is 12.2. The highest BCUT2D eigenvalue weighted by Gasteiger charge is 2.29. The Morgan fingerprint density at radius 1 is 1.40 bits per heavy atom. The Balaban J connectivity index is 1.66. The van der Waals surface area contributed by atoms with E-state index in [1.807, 2.05) is 24.1 Å². The van der Waals surface area contributed by atoms with Crippen LogP contribution in [0.15, 0.2) is 18.2 Å². The number of fused-ring (bicyclic) bond motifs is 1. The number of nitrogens with one attached hydrogen (secondary N) is 1. The second-order valence-electron chi connectivity index (χ2n) is 5.90. The van der Waals surface area contributed by atoms with Crippen LogP contribution in [0.25, 0.3) is 0 Å². The average Bonchev–Trinajstić information content (AvgIpc) is 3.28. The molecule has 4 heteroatoms. The number of rotatable bonds is 4. The van der Waals surface area contributed by atoms with Crippen molar-refractivity contribution >= 4 is 11.6 Å². The van der Waals surface area contributed by atoms with Gasteiger partial charge in [0, 0.05) is 19.1 Å². The summed E-state index contributed by atoms with van der Waals surface area (Å²) in [6.07, 6.45) is 4.46. The highest BCUT2D eigenvalue weighted by Crippen LogP contribution is 2.34. The molecule has 1 fully saturated rings. The molecule has 0 aromatic heterocycles. The number of para-hydroxylation sites is 1. The predicted octanol–water partition coefficient (Wildman–Crippen LogP) is 2.43. The first kappa shape index (κ1) is 13.3. The SMILES string of the molecule is CC1CCc2cccc(OCC(=O)N(C)C3CC3)c2N1. The van der Waals surface area contributed by atoms with Gasteiger partial charge in [-0.3, -0.25) is 4.79 Å². The second kappa shape index (κ2) is 5.35. The topological polar surface area (TPSA) is 41.6 Å². The number of hydrogen-bond donors (Lipinski definition) is 1. The van der Waals surface area contributed by atoms with Gasteiger partial charge < -0.3 is 15.0 Å². The van der Waals surface area contributed by atoms with Crippen molar-refractivity contribution in [2.75, 3.05) is 19.0 Å². The number of aryl methyl sites for hydroxylation is 1. The van der Waals surface area contributed by atoms with Gasteiger partial charge in [0.1, 0.15) is 5.75 Å². The molecule has 1 atom stereocenters. The molecule has 1 aliphatic heterocycles. The minimum Gasteiger partial charge on any atom is -0.482 e. The summed E-state index contributed by atoms with van der Waals surface area (Å²) in [5, 5.41) is 3.47. The molecule has 1 aromatic carbocycles. The molecule has 4 nitrogen and oxygen atoms in total. The van der Waals surface area contributed by atoms with Crippen LogP contribution in [0.3, 0.4) is 0 Å². The fraction of sp³-hybridized carbons (Fsp3) is 0.562. The molecule has 2 aliphatic rings. The molecular formula is C16H22N2O2. The second-order valence-corrected chi connectivity index (χ2v) is 5.90. The molecule has 0 radical (unpaired) electrons. The number of carbonyl (C=O) groups excluding carboxylic acids is 1. The normalized spacial score (nSPS) is 20.8. The van der Waals surface area contributed by atoms with E-state index < -0.39 is 0 Å². The van der Waals surface area contributed by atoms with Gasteiger partial charge in [0.15, 0.2) is 6.61 Å². The van der Waals surface area contributed by atoms with Gasteiger partial charge >= 0.3 is 0 Å². The Kier molecular flexibility index (Phi) is 3.55. The van der Waals surface area contributed by atoms with Crippen molar-refractivity contribution in [1.82, 2.24) is 4.90 Å². The first-order valence-corrected chi connectivity index (χ1v) is 7.42. The maximum Gasteiger partial charge on any atom is 0.260 e. The van der Waals surface area contributed by atoms with Crippen LogP contribution in [0, 0.1) is 0 Å². The quantitative estimate of drug-likeness (QED) is 0.917. The lowest BCUT2D eigenvalue weighted by Crippen LogP contribution is -2.33. The van der Waals surface area contributed by atoms with Gasteiger partial charge in [-0.25, -0.2) is 0 Å². The van der Waals surface area contributed by atoms with Crippen LogP contribution in [0.5, 0.6) is 5.75 Å². The highest BCUT2D eigenvalue weighted by molar-refractivity contribution is 5.78. The van der Waals surface area contributed by atoms with Crippen LogP contribution in [-0.4, -0.2) is 36.5 Å². The third kappa shape index (κ3) is 2.74. The molecule has 1 N–H and O–H groups in total. The average molecular weight is 274 g/mol. The lowest BCUT2D eigenvalue weighted by molar-refractivity contribution is -0.132. The third-order valence-electron chi connectivity index (χ3n) is 4.19. The summed E-state index contributed by atoms with van der Waals surface area (Å²) in [7, 11) is 1.87. The predicted molar refractivity (Wildman–Crippen MR) is 79.1 cm³/mol. The molecule has 20 heavy (non-hydrogen) atoms. The van der Waals surface area contributed by atoms with Crippen LogP contribution < -0.4 is 10.1 Å². The van der Waals surface area contributed by atoms with Crippen molar-refractivity contribution < 1.29 is 9.53 Å². The van der Waals surface area contributed by atoms with E-state index in [1.165, 1.54) is 5.56 Å². The van der Waals surface area contributed by atoms with Gasteiger partial charge in [-0.1, -0.05) is 12.1 Å². The Morgan fingerprint density at radius 2 is 2.20 bits per heavy atom. The minimum absolute atomic E-state index is 0.0639. The van der Waals surface area contributed by atoms with Crippen LogP contribution in [0.4, 0.5) is 5.69 Å². The molecule has 108 valence electrons. The van der Waals surface area contributed by atoms with Gasteiger partial charge in [-0.15, -0.1) is 0 Å². The van der Waals surface area contributed by atoms with Crippen molar-refractivity contribution in [3.05, 3.63) is 23.8 Å². The van der Waals surface area contributed by atoms with Gasteiger partial charge in [0.05, 0.1) is 5.69 Å². The summed E-state index contributed by atoms with van der Waals surface area (Å²) in [4.78, 5) is 13.8. The maximum absolute atomic E-state index is 12.0. The number of amides is 1. The molecule has 0 saturated heterocycles. The fourth-order valence-corrected chi connectivity index (χ4v) is 2.67. The van der Waals surface area contributed by atoms with E-state index >= 15 is 0 Å². The Hall–Kier alpha value is -1.71. The molecule has 1 amide bonds. The summed E-state index contributed by atoms with van der Waals surface area (Å²) in [6, 6.07) is 6.96. The van der Waals surface area contributed by atoms with Crippen LogP contribution in [-0.2, 0) is 11.2 Å². The van der Waals surface area contributed by atoms with Crippen molar-refractivity contribution in [3.8, 4) is 5.75 Å². The lowest BCUT2D eigenvalue weighted by atomic mass is 9.98. The van der Waals surface area contributed by atoms with E-state index in [4.69, 9.17) is 4.74 Å². The summed E-state index contributed by atoms with van der Waals surface area (Å²) in [5.74, 6) is 0.862. The van der Waals surface area contributed by atoms with Crippen LogP contribution in [0.2, 0.25) is 0 Å². The molecule has 1 saturated carbocycles. The van der Waals surface area contributed by atoms with E-state index in [0.717, 1.165) is 37.1 Å². The van der Waals surface area contributed by atoms with Gasteiger partial charge in [0.25, 0.3) is 5.91 Å². The smallest absolute Gasteiger partial charge is 0.260 e. The Bertz CT molecular complexity index is 511. The van der Waals surface area contributed by atoms with Gasteiger partial charge in [-0.2, -0.15) is 0 Å². The van der Waals surface area contributed by atoms with E-state index in [1.54, 1.807) is 0 Å². The number of ether oxygens (including phenoxy) is 1. The Labute approximate surface area is 120 Å². The van der Waals surface area contributed by atoms with Crippen molar-refractivity contribution in [2.24, 2.45) is 0 Å². The Morgan fingerprint density at radius 3 is 2.95 bits per heavy atom. The van der Waals surface area contributed by atoms with Gasteiger partial charge in [0.2, 0.25) is 0 Å². The van der Waals surface area contributed by atoms with E-state index in [9.17, 15) is 4.79 Å².